The molecule has 1 atom stereocenters. The van der Waals surface area contributed by atoms with Gasteiger partial charge in [-0.05, 0) is 19.3 Å². The highest BCUT2D eigenvalue weighted by Crippen LogP contribution is 2.23. The molecule has 134 valence electrons. The number of hydrogen-bond donors (Lipinski definition) is 1. The zero-order chi connectivity index (χ0) is 17.5. The average molecular weight is 360 g/mol. The Bertz CT molecular complexity index is 677. The van der Waals surface area contributed by atoms with E-state index in [2.05, 4.69) is 37.3 Å². The molecule has 1 fully saturated rings. The molecule has 7 nitrogen and oxygen atoms in total. The molecule has 0 bridgehead atoms. The highest BCUT2D eigenvalue weighted by Gasteiger charge is 2.27. The number of anilines is 2. The van der Waals surface area contributed by atoms with Crippen LogP contribution in [0.25, 0.3) is 0 Å². The van der Waals surface area contributed by atoms with Crippen molar-refractivity contribution in [1.82, 2.24) is 20.2 Å². The van der Waals surface area contributed by atoms with Gasteiger partial charge in [0.05, 0.1) is 12.1 Å². The maximum absolute atomic E-state index is 12.6. The van der Waals surface area contributed by atoms with E-state index in [0.29, 0.717) is 11.7 Å². The van der Waals surface area contributed by atoms with Gasteiger partial charge in [0, 0.05) is 31.9 Å². The van der Waals surface area contributed by atoms with Crippen molar-refractivity contribution in [3.8, 4) is 0 Å². The predicted octanol–water partition coefficient (Wildman–Crippen LogP) is 2.92. The SMILES string of the molecule is CCCCCc1nnc(NC(=O)[C@H]2CCCN(c3cnccn3)C2)s1. The van der Waals surface area contributed by atoms with Gasteiger partial charge in [0.2, 0.25) is 11.0 Å². The highest BCUT2D eigenvalue weighted by atomic mass is 32.1. The largest absolute Gasteiger partial charge is 0.355 e. The number of carbonyl (C=O) groups excluding carboxylic acids is 1. The summed E-state index contributed by atoms with van der Waals surface area (Å²) >= 11 is 1.48. The minimum Gasteiger partial charge on any atom is -0.355 e. The zero-order valence-electron chi connectivity index (χ0n) is 14.5. The van der Waals surface area contributed by atoms with E-state index >= 15 is 0 Å². The number of nitrogens with one attached hydrogen (secondary N) is 1. The van der Waals surface area contributed by atoms with Gasteiger partial charge in [-0.25, -0.2) is 4.98 Å². The van der Waals surface area contributed by atoms with Crippen molar-refractivity contribution in [2.24, 2.45) is 5.92 Å². The normalized spacial score (nSPS) is 17.5. The van der Waals surface area contributed by atoms with Gasteiger partial charge in [-0.1, -0.05) is 31.1 Å². The average Bonchev–Trinajstić information content (AvgIpc) is 3.10. The van der Waals surface area contributed by atoms with E-state index in [1.165, 1.54) is 24.2 Å². The Morgan fingerprint density at radius 2 is 2.28 bits per heavy atom. The van der Waals surface area contributed by atoms with Crippen LogP contribution >= 0.6 is 11.3 Å². The molecule has 0 unspecified atom stereocenters. The molecular weight excluding hydrogens is 336 g/mol. The van der Waals surface area contributed by atoms with Gasteiger partial charge in [-0.2, -0.15) is 0 Å². The third kappa shape index (κ3) is 4.94. The maximum Gasteiger partial charge on any atom is 0.231 e. The lowest BCUT2D eigenvalue weighted by Gasteiger charge is -2.32. The van der Waals surface area contributed by atoms with Crippen LogP contribution in [0.5, 0.6) is 0 Å². The van der Waals surface area contributed by atoms with Crippen LogP contribution in [0.3, 0.4) is 0 Å². The van der Waals surface area contributed by atoms with Crippen molar-refractivity contribution in [2.75, 3.05) is 23.3 Å². The molecule has 1 amide bonds. The van der Waals surface area contributed by atoms with Crippen LogP contribution in [-0.4, -0.2) is 39.2 Å². The third-order valence-electron chi connectivity index (χ3n) is 4.36. The molecule has 0 aliphatic carbocycles. The second-order valence-corrected chi connectivity index (χ2v) is 7.36. The van der Waals surface area contributed by atoms with Crippen LogP contribution in [0.1, 0.15) is 44.0 Å². The smallest absolute Gasteiger partial charge is 0.231 e. The lowest BCUT2D eigenvalue weighted by molar-refractivity contribution is -0.120. The molecule has 0 spiro atoms. The summed E-state index contributed by atoms with van der Waals surface area (Å²) in [6.45, 7) is 3.75. The van der Waals surface area contributed by atoms with Gasteiger partial charge >= 0.3 is 0 Å². The Kier molecular flexibility index (Phi) is 6.27. The molecular formula is C17H24N6OS. The Morgan fingerprint density at radius 3 is 3.08 bits per heavy atom. The van der Waals surface area contributed by atoms with Gasteiger partial charge in [-0.3, -0.25) is 9.78 Å². The van der Waals surface area contributed by atoms with Crippen molar-refractivity contribution in [3.63, 3.8) is 0 Å². The number of unbranched alkanes of at least 4 members (excludes halogenated alkanes) is 2. The third-order valence-corrected chi connectivity index (χ3v) is 5.26. The summed E-state index contributed by atoms with van der Waals surface area (Å²) in [7, 11) is 0. The van der Waals surface area contributed by atoms with Crippen molar-refractivity contribution in [2.45, 2.75) is 45.4 Å². The van der Waals surface area contributed by atoms with Crippen LogP contribution in [0.15, 0.2) is 18.6 Å². The molecule has 0 aromatic carbocycles. The Morgan fingerprint density at radius 1 is 1.36 bits per heavy atom. The molecule has 2 aromatic heterocycles. The van der Waals surface area contributed by atoms with Crippen LogP contribution < -0.4 is 10.2 Å². The molecule has 1 N–H and O–H groups in total. The lowest BCUT2D eigenvalue weighted by atomic mass is 9.97. The molecule has 1 aliphatic heterocycles. The van der Waals surface area contributed by atoms with Gasteiger partial charge in [0.15, 0.2) is 0 Å². The van der Waals surface area contributed by atoms with E-state index < -0.39 is 0 Å². The van der Waals surface area contributed by atoms with Crippen LogP contribution in [0, 0.1) is 5.92 Å². The number of aryl methyl sites for hydroxylation is 1. The number of nitrogens with zero attached hydrogens (tertiary/aromatic N) is 5. The summed E-state index contributed by atoms with van der Waals surface area (Å²) in [5.74, 6) is 0.780. The molecule has 2 aromatic rings. The van der Waals surface area contributed by atoms with Crippen molar-refractivity contribution in [1.29, 1.82) is 0 Å². The Balaban J connectivity index is 1.54. The minimum atomic E-state index is -0.0665. The molecule has 3 heterocycles. The first-order valence-electron chi connectivity index (χ1n) is 8.90. The molecule has 0 radical (unpaired) electrons. The number of carbonyl (C=O) groups is 1. The summed E-state index contributed by atoms with van der Waals surface area (Å²) in [6, 6.07) is 0. The van der Waals surface area contributed by atoms with Crippen LogP contribution in [-0.2, 0) is 11.2 Å². The molecule has 25 heavy (non-hydrogen) atoms. The topological polar surface area (TPSA) is 83.9 Å². The van der Waals surface area contributed by atoms with Crippen LogP contribution in [0.4, 0.5) is 10.9 Å². The second-order valence-electron chi connectivity index (χ2n) is 6.30. The van der Waals surface area contributed by atoms with Gasteiger partial charge in [0.25, 0.3) is 0 Å². The quantitative estimate of drug-likeness (QED) is 0.764. The zero-order valence-corrected chi connectivity index (χ0v) is 15.3. The number of aromatic nitrogens is 4. The molecule has 1 saturated heterocycles. The predicted molar refractivity (Wildman–Crippen MR) is 98.7 cm³/mol. The minimum absolute atomic E-state index is 0.0184. The standard InChI is InChI=1S/C17H24N6OS/c1-2-3-4-7-15-21-22-17(25-15)20-16(24)13-6-5-10-23(12-13)14-11-18-8-9-19-14/h8-9,11,13H,2-7,10,12H2,1H3,(H,20,22,24)/t13-/m0/s1. The van der Waals surface area contributed by atoms with Crippen molar-refractivity contribution < 1.29 is 4.79 Å². The molecule has 0 saturated carbocycles. The number of amides is 1. The first kappa shape index (κ1) is 17.7. The molecule has 1 aliphatic rings. The highest BCUT2D eigenvalue weighted by molar-refractivity contribution is 7.15. The number of hydrogen-bond acceptors (Lipinski definition) is 7. The monoisotopic (exact) mass is 360 g/mol. The Hall–Kier alpha value is -2.09. The van der Waals surface area contributed by atoms with E-state index in [0.717, 1.165) is 43.1 Å². The summed E-state index contributed by atoms with van der Waals surface area (Å²) in [4.78, 5) is 23.1. The molecule has 3 rings (SSSR count). The Labute approximate surface area is 151 Å². The van der Waals surface area contributed by atoms with E-state index in [9.17, 15) is 4.79 Å². The fourth-order valence-electron chi connectivity index (χ4n) is 2.99. The summed E-state index contributed by atoms with van der Waals surface area (Å²) in [5.41, 5.74) is 0. The van der Waals surface area contributed by atoms with Gasteiger partial charge in [0.1, 0.15) is 10.8 Å². The summed E-state index contributed by atoms with van der Waals surface area (Å²) in [5, 5.41) is 12.8. The number of rotatable bonds is 7. The van der Waals surface area contributed by atoms with Crippen LogP contribution in [0.2, 0.25) is 0 Å². The molecule has 8 heteroatoms. The van der Waals surface area contributed by atoms with E-state index in [4.69, 9.17) is 0 Å². The summed E-state index contributed by atoms with van der Waals surface area (Å²) in [6.07, 6.45) is 11.4. The van der Waals surface area contributed by atoms with E-state index in [1.807, 2.05) is 0 Å². The van der Waals surface area contributed by atoms with E-state index in [1.54, 1.807) is 18.6 Å². The first-order chi connectivity index (χ1) is 12.3. The van der Waals surface area contributed by atoms with E-state index in [-0.39, 0.29) is 11.8 Å². The van der Waals surface area contributed by atoms with Gasteiger partial charge in [-0.15, -0.1) is 10.2 Å². The summed E-state index contributed by atoms with van der Waals surface area (Å²) < 4.78 is 0. The first-order valence-corrected chi connectivity index (χ1v) is 9.72. The maximum atomic E-state index is 12.6. The fraction of sp³-hybridized carbons (Fsp3) is 0.588. The lowest BCUT2D eigenvalue weighted by Crippen LogP contribution is -2.41. The second kappa shape index (κ2) is 8.84. The van der Waals surface area contributed by atoms with Crippen molar-refractivity contribution in [3.05, 3.63) is 23.6 Å². The fourth-order valence-corrected chi connectivity index (χ4v) is 3.78. The van der Waals surface area contributed by atoms with Gasteiger partial charge < -0.3 is 10.2 Å². The number of piperidine rings is 1. The van der Waals surface area contributed by atoms with Crippen molar-refractivity contribution >= 4 is 28.2 Å².